The molecule has 0 atom stereocenters. The Labute approximate surface area is 127 Å². The number of carbonyl (C=O) groups is 2. The molecule has 0 aromatic carbocycles. The van der Waals surface area contributed by atoms with Gasteiger partial charge in [-0.25, -0.2) is 9.59 Å². The van der Waals surface area contributed by atoms with Crippen molar-refractivity contribution in [2.45, 2.75) is 6.92 Å². The van der Waals surface area contributed by atoms with Gasteiger partial charge >= 0.3 is 11.9 Å². The molecule has 2 rings (SSSR count). The van der Waals surface area contributed by atoms with Crippen molar-refractivity contribution in [3.8, 4) is 0 Å². The van der Waals surface area contributed by atoms with Gasteiger partial charge in [-0.1, -0.05) is 6.08 Å². The maximum Gasteiger partial charge on any atom is 0.344 e. The molecule has 7 heteroatoms. The zero-order valence-electron chi connectivity index (χ0n) is 12.4. The number of esters is 2. The molecule has 2 aliphatic rings. The SMILES string of the molecule is COC(=O)C1=C(C)OC(N)=C(C(=O)OC)C1=C1C=CC=CN1. The molecule has 7 nitrogen and oxygen atoms in total. The molecule has 0 unspecified atom stereocenters. The number of carbonyl (C=O) groups excluding carboxylic acids is 2. The summed E-state index contributed by atoms with van der Waals surface area (Å²) in [6.45, 7) is 1.57. The second-order valence-corrected chi connectivity index (χ2v) is 4.41. The summed E-state index contributed by atoms with van der Waals surface area (Å²) in [5, 5.41) is 2.97. The van der Waals surface area contributed by atoms with E-state index in [1.165, 1.54) is 14.2 Å². The van der Waals surface area contributed by atoms with Crippen LogP contribution in [0.5, 0.6) is 0 Å². The fourth-order valence-corrected chi connectivity index (χ4v) is 2.16. The number of nitrogens with two attached hydrogens (primary N) is 1. The van der Waals surface area contributed by atoms with Crippen LogP contribution >= 0.6 is 0 Å². The number of hydrogen-bond donors (Lipinski definition) is 2. The average Bonchev–Trinajstić information content (AvgIpc) is 2.53. The Balaban J connectivity index is 2.72. The predicted octanol–water partition coefficient (Wildman–Crippen LogP) is 0.734. The van der Waals surface area contributed by atoms with E-state index in [1.54, 1.807) is 31.4 Å². The van der Waals surface area contributed by atoms with Crippen LogP contribution < -0.4 is 11.1 Å². The van der Waals surface area contributed by atoms with Crippen molar-refractivity contribution in [2.24, 2.45) is 5.73 Å². The molecule has 0 spiro atoms. The van der Waals surface area contributed by atoms with Crippen LogP contribution in [0.3, 0.4) is 0 Å². The van der Waals surface area contributed by atoms with Crippen LogP contribution in [0.25, 0.3) is 0 Å². The van der Waals surface area contributed by atoms with Crippen molar-refractivity contribution in [3.05, 3.63) is 58.5 Å². The molecule has 0 aromatic heterocycles. The van der Waals surface area contributed by atoms with E-state index in [2.05, 4.69) is 5.32 Å². The number of ether oxygens (including phenoxy) is 3. The Morgan fingerprint density at radius 1 is 1.14 bits per heavy atom. The Kier molecular flexibility index (Phi) is 4.36. The maximum absolute atomic E-state index is 12.1. The molecule has 0 radical (unpaired) electrons. The van der Waals surface area contributed by atoms with Gasteiger partial charge in [0.05, 0.1) is 14.2 Å². The number of allylic oxidation sites excluding steroid dienone is 4. The molecular weight excluding hydrogens is 288 g/mol. The number of nitrogens with one attached hydrogen (secondary N) is 1. The van der Waals surface area contributed by atoms with Gasteiger partial charge in [0.2, 0.25) is 5.88 Å². The summed E-state index contributed by atoms with van der Waals surface area (Å²) in [4.78, 5) is 24.2. The molecule has 0 fully saturated rings. The number of methoxy groups -OCH3 is 2. The van der Waals surface area contributed by atoms with Gasteiger partial charge < -0.3 is 25.3 Å². The van der Waals surface area contributed by atoms with Gasteiger partial charge in [-0.15, -0.1) is 0 Å². The highest BCUT2D eigenvalue weighted by Gasteiger charge is 2.35. The Bertz CT molecular complexity index is 640. The lowest BCUT2D eigenvalue weighted by Crippen LogP contribution is -2.27. The lowest BCUT2D eigenvalue weighted by molar-refractivity contribution is -0.136. The first-order chi connectivity index (χ1) is 10.5. The Morgan fingerprint density at radius 3 is 2.32 bits per heavy atom. The molecule has 0 aromatic rings. The average molecular weight is 304 g/mol. The summed E-state index contributed by atoms with van der Waals surface area (Å²) in [6, 6.07) is 0. The minimum absolute atomic E-state index is 0.0315. The monoisotopic (exact) mass is 304 g/mol. The molecule has 0 saturated carbocycles. The van der Waals surface area contributed by atoms with Gasteiger partial charge in [0.15, 0.2) is 0 Å². The molecule has 3 N–H and O–H groups in total. The summed E-state index contributed by atoms with van der Waals surface area (Å²) < 4.78 is 14.8. The van der Waals surface area contributed by atoms with Crippen molar-refractivity contribution < 1.29 is 23.8 Å². The molecule has 0 aliphatic carbocycles. The fraction of sp³-hybridized carbons (Fsp3) is 0.200. The molecule has 22 heavy (non-hydrogen) atoms. The predicted molar refractivity (Wildman–Crippen MR) is 77.5 cm³/mol. The highest BCUT2D eigenvalue weighted by Crippen LogP contribution is 2.34. The van der Waals surface area contributed by atoms with Gasteiger partial charge in [-0.2, -0.15) is 0 Å². The Morgan fingerprint density at radius 2 is 1.77 bits per heavy atom. The van der Waals surface area contributed by atoms with Crippen LogP contribution in [0.1, 0.15) is 6.92 Å². The fourth-order valence-electron chi connectivity index (χ4n) is 2.16. The number of hydrogen-bond acceptors (Lipinski definition) is 7. The van der Waals surface area contributed by atoms with E-state index < -0.39 is 11.9 Å². The van der Waals surface area contributed by atoms with Crippen molar-refractivity contribution in [1.82, 2.24) is 5.32 Å². The quantitative estimate of drug-likeness (QED) is 0.725. The second kappa shape index (κ2) is 6.21. The van der Waals surface area contributed by atoms with E-state index in [0.29, 0.717) is 5.70 Å². The van der Waals surface area contributed by atoms with Crippen LogP contribution in [0, 0.1) is 0 Å². The highest BCUT2D eigenvalue weighted by molar-refractivity contribution is 6.05. The first kappa shape index (κ1) is 15.4. The van der Waals surface area contributed by atoms with Crippen LogP contribution in [0.2, 0.25) is 0 Å². The molecule has 0 saturated heterocycles. The zero-order valence-corrected chi connectivity index (χ0v) is 12.4. The van der Waals surface area contributed by atoms with E-state index in [4.69, 9.17) is 19.9 Å². The van der Waals surface area contributed by atoms with E-state index in [-0.39, 0.29) is 28.4 Å². The first-order valence-corrected chi connectivity index (χ1v) is 6.41. The van der Waals surface area contributed by atoms with Gasteiger partial charge in [0, 0.05) is 17.5 Å². The van der Waals surface area contributed by atoms with Gasteiger partial charge in [-0.05, 0) is 19.1 Å². The molecule has 2 aliphatic heterocycles. The topological polar surface area (TPSA) is 99.9 Å². The van der Waals surface area contributed by atoms with Gasteiger partial charge in [0.25, 0.3) is 0 Å². The number of rotatable bonds is 2. The molecule has 2 heterocycles. The van der Waals surface area contributed by atoms with E-state index >= 15 is 0 Å². The summed E-state index contributed by atoms with van der Waals surface area (Å²) in [5.74, 6) is -1.24. The van der Waals surface area contributed by atoms with Crippen molar-refractivity contribution in [3.63, 3.8) is 0 Å². The smallest absolute Gasteiger partial charge is 0.344 e. The van der Waals surface area contributed by atoms with E-state index in [0.717, 1.165) is 0 Å². The zero-order chi connectivity index (χ0) is 16.3. The molecule has 0 bridgehead atoms. The van der Waals surface area contributed by atoms with Crippen molar-refractivity contribution in [1.29, 1.82) is 0 Å². The van der Waals surface area contributed by atoms with Crippen LogP contribution in [-0.2, 0) is 23.8 Å². The minimum Gasteiger partial charge on any atom is -0.465 e. The lowest BCUT2D eigenvalue weighted by atomic mass is 9.92. The van der Waals surface area contributed by atoms with Gasteiger partial charge in [0.1, 0.15) is 16.9 Å². The van der Waals surface area contributed by atoms with Crippen molar-refractivity contribution >= 4 is 11.9 Å². The third-order valence-corrected chi connectivity index (χ3v) is 3.12. The number of dihydropyridines is 1. The largest absolute Gasteiger partial charge is 0.465 e. The summed E-state index contributed by atoms with van der Waals surface area (Å²) in [5.41, 5.74) is 6.68. The normalized spacial score (nSPS) is 20.5. The minimum atomic E-state index is -0.710. The molecular formula is C15H16N2O5. The van der Waals surface area contributed by atoms with Crippen molar-refractivity contribution in [2.75, 3.05) is 14.2 Å². The van der Waals surface area contributed by atoms with Crippen LogP contribution in [0.4, 0.5) is 0 Å². The summed E-state index contributed by atoms with van der Waals surface area (Å²) in [7, 11) is 2.46. The third-order valence-electron chi connectivity index (χ3n) is 3.12. The second-order valence-electron chi connectivity index (χ2n) is 4.41. The third kappa shape index (κ3) is 2.60. The Hall–Kier alpha value is -2.96. The lowest BCUT2D eigenvalue weighted by Gasteiger charge is -2.25. The maximum atomic E-state index is 12.1. The van der Waals surface area contributed by atoms with Crippen LogP contribution in [-0.4, -0.2) is 26.2 Å². The molecule has 0 amide bonds. The highest BCUT2D eigenvalue weighted by atomic mass is 16.5. The summed E-state index contributed by atoms with van der Waals surface area (Å²) in [6.07, 6.45) is 6.88. The molecule has 116 valence electrons. The first-order valence-electron chi connectivity index (χ1n) is 6.41. The van der Waals surface area contributed by atoms with Gasteiger partial charge in [-0.3, -0.25) is 0 Å². The van der Waals surface area contributed by atoms with Crippen LogP contribution in [0.15, 0.2) is 58.5 Å². The van der Waals surface area contributed by atoms with E-state index in [1.807, 2.05) is 0 Å². The standard InChI is InChI=1S/C15H16N2O5/c1-8-10(14(18)20-2)11(9-6-4-5-7-17-9)12(13(16)22-8)15(19)21-3/h4-7,17H,16H2,1-3H3. The van der Waals surface area contributed by atoms with E-state index in [9.17, 15) is 9.59 Å². The summed E-state index contributed by atoms with van der Waals surface area (Å²) >= 11 is 0.